The number of anilines is 1. The number of benzene rings is 1. The molecule has 1 aromatic heterocycles. The van der Waals surface area contributed by atoms with Gasteiger partial charge in [-0.2, -0.15) is 10.4 Å². The van der Waals surface area contributed by atoms with E-state index >= 15 is 0 Å². The second-order valence-electron chi connectivity index (χ2n) is 5.77. The molecular formula is C17H19N5O2. The van der Waals surface area contributed by atoms with E-state index in [0.717, 1.165) is 5.56 Å². The van der Waals surface area contributed by atoms with E-state index in [1.54, 1.807) is 0 Å². The van der Waals surface area contributed by atoms with Crippen LogP contribution in [0, 0.1) is 11.3 Å². The summed E-state index contributed by atoms with van der Waals surface area (Å²) in [5, 5.41) is 20.2. The Hall–Kier alpha value is -3.14. The summed E-state index contributed by atoms with van der Waals surface area (Å²) in [4.78, 5) is 24.7. The van der Waals surface area contributed by atoms with Crippen molar-refractivity contribution in [2.75, 3.05) is 11.9 Å². The van der Waals surface area contributed by atoms with Gasteiger partial charge in [-0.1, -0.05) is 30.3 Å². The molecule has 0 unspecified atom stereocenters. The van der Waals surface area contributed by atoms with Crippen molar-refractivity contribution in [3.8, 4) is 6.07 Å². The third kappa shape index (κ3) is 3.79. The summed E-state index contributed by atoms with van der Waals surface area (Å²) in [6.07, 6.45) is 1.60. The van der Waals surface area contributed by atoms with Crippen molar-refractivity contribution in [2.45, 2.75) is 25.7 Å². The molecule has 0 radical (unpaired) electrons. The van der Waals surface area contributed by atoms with Crippen molar-refractivity contribution in [1.29, 1.82) is 5.26 Å². The average molecular weight is 325 g/mol. The Morgan fingerprint density at radius 2 is 2.00 bits per heavy atom. The molecule has 0 aliphatic carbocycles. The van der Waals surface area contributed by atoms with E-state index in [9.17, 15) is 9.59 Å². The van der Waals surface area contributed by atoms with Gasteiger partial charge in [0.2, 0.25) is 5.91 Å². The van der Waals surface area contributed by atoms with Gasteiger partial charge in [0.25, 0.3) is 5.91 Å². The fourth-order valence-corrected chi connectivity index (χ4v) is 2.14. The molecule has 7 heteroatoms. The number of aromatic nitrogens is 2. The number of carbonyl (C=O) groups excluding carboxylic acids is 2. The molecule has 1 aromatic carbocycles. The first-order valence-corrected chi connectivity index (χ1v) is 7.52. The van der Waals surface area contributed by atoms with Crippen LogP contribution in [-0.2, 0) is 10.2 Å². The number of amides is 2. The Morgan fingerprint density at radius 1 is 1.29 bits per heavy atom. The highest BCUT2D eigenvalue weighted by Gasteiger charge is 2.30. The molecule has 0 spiro atoms. The zero-order valence-corrected chi connectivity index (χ0v) is 13.6. The second kappa shape index (κ2) is 7.42. The van der Waals surface area contributed by atoms with Gasteiger partial charge in [0.15, 0.2) is 0 Å². The van der Waals surface area contributed by atoms with Gasteiger partial charge in [-0.05, 0) is 19.4 Å². The molecule has 2 amide bonds. The maximum atomic E-state index is 12.6. The van der Waals surface area contributed by atoms with Gasteiger partial charge in [-0.15, -0.1) is 0 Å². The van der Waals surface area contributed by atoms with Crippen LogP contribution < -0.4 is 10.6 Å². The van der Waals surface area contributed by atoms with Gasteiger partial charge in [0, 0.05) is 6.54 Å². The molecule has 0 fully saturated rings. The number of carbonyl (C=O) groups is 2. The van der Waals surface area contributed by atoms with E-state index in [0.29, 0.717) is 5.69 Å². The molecular weight excluding hydrogens is 306 g/mol. The quantitative estimate of drug-likeness (QED) is 0.705. The first-order chi connectivity index (χ1) is 11.5. The third-order valence-corrected chi connectivity index (χ3v) is 3.70. The largest absolute Gasteiger partial charge is 0.350 e. The lowest BCUT2D eigenvalue weighted by molar-refractivity contribution is -0.120. The lowest BCUT2D eigenvalue weighted by atomic mass is 9.83. The Balaban J connectivity index is 2.12. The number of rotatable bonds is 6. The number of H-pyrrole nitrogens is 1. The summed E-state index contributed by atoms with van der Waals surface area (Å²) < 4.78 is 0. The average Bonchev–Trinajstić information content (AvgIpc) is 3.04. The van der Waals surface area contributed by atoms with E-state index in [4.69, 9.17) is 5.26 Å². The van der Waals surface area contributed by atoms with E-state index in [-0.39, 0.29) is 24.6 Å². The third-order valence-electron chi connectivity index (χ3n) is 3.70. The maximum Gasteiger partial charge on any atom is 0.271 e. The number of hydrogen-bond donors (Lipinski definition) is 3. The normalized spacial score (nSPS) is 10.7. The molecule has 124 valence electrons. The van der Waals surface area contributed by atoms with Crippen molar-refractivity contribution >= 4 is 17.5 Å². The highest BCUT2D eigenvalue weighted by molar-refractivity contribution is 6.04. The summed E-state index contributed by atoms with van der Waals surface area (Å²) in [6, 6.07) is 11.3. The number of nitriles is 1. The molecule has 7 nitrogen and oxygen atoms in total. The van der Waals surface area contributed by atoms with Crippen LogP contribution in [0.15, 0.2) is 36.5 Å². The molecule has 0 aliphatic heterocycles. The minimum absolute atomic E-state index is 0.158. The Kier molecular flexibility index (Phi) is 5.32. The van der Waals surface area contributed by atoms with Gasteiger partial charge < -0.3 is 10.6 Å². The molecule has 0 saturated heterocycles. The predicted octanol–water partition coefficient (Wildman–Crippen LogP) is 1.97. The highest BCUT2D eigenvalue weighted by atomic mass is 16.2. The minimum Gasteiger partial charge on any atom is -0.350 e. The number of nitrogens with zero attached hydrogens (tertiary/aromatic N) is 2. The van der Waals surface area contributed by atoms with Crippen LogP contribution in [-0.4, -0.2) is 28.6 Å². The Bertz CT molecular complexity index is 759. The van der Waals surface area contributed by atoms with Gasteiger partial charge in [-0.3, -0.25) is 14.7 Å². The van der Waals surface area contributed by atoms with Crippen molar-refractivity contribution in [3.05, 3.63) is 47.8 Å². The second-order valence-corrected chi connectivity index (χ2v) is 5.77. The maximum absolute atomic E-state index is 12.6. The smallest absolute Gasteiger partial charge is 0.271 e. The molecule has 2 aromatic rings. The van der Waals surface area contributed by atoms with Crippen LogP contribution in [0.3, 0.4) is 0 Å². The molecule has 0 aliphatic rings. The minimum atomic E-state index is -0.771. The van der Waals surface area contributed by atoms with Crippen LogP contribution in [0.1, 0.15) is 36.3 Å². The van der Waals surface area contributed by atoms with Crippen LogP contribution in [0.5, 0.6) is 0 Å². The SMILES string of the molecule is CC(C)(C(=O)Nc1cn[nH]c1C(=O)NCCC#N)c1ccccc1. The standard InChI is InChI=1S/C17H19N5O2/c1-17(2,12-7-4-3-5-8-12)16(24)21-13-11-20-22-14(13)15(23)19-10-6-9-18/h3-5,7-8,11H,6,10H2,1-2H3,(H,19,23)(H,20,22)(H,21,24). The predicted molar refractivity (Wildman–Crippen MR) is 89.2 cm³/mol. The van der Waals surface area contributed by atoms with Crippen LogP contribution in [0.25, 0.3) is 0 Å². The zero-order chi connectivity index (χ0) is 17.6. The summed E-state index contributed by atoms with van der Waals surface area (Å²) in [5.74, 6) is -0.670. The van der Waals surface area contributed by atoms with Crippen LogP contribution >= 0.6 is 0 Å². The van der Waals surface area contributed by atoms with Gasteiger partial charge >= 0.3 is 0 Å². The molecule has 0 atom stereocenters. The highest BCUT2D eigenvalue weighted by Crippen LogP contribution is 2.25. The van der Waals surface area contributed by atoms with E-state index in [2.05, 4.69) is 20.8 Å². The summed E-state index contributed by atoms with van der Waals surface area (Å²) >= 11 is 0. The Morgan fingerprint density at radius 3 is 2.67 bits per heavy atom. The molecule has 0 saturated carbocycles. The number of nitrogens with one attached hydrogen (secondary N) is 3. The molecule has 2 rings (SSSR count). The monoisotopic (exact) mass is 325 g/mol. The van der Waals surface area contributed by atoms with Crippen LogP contribution in [0.2, 0.25) is 0 Å². The topological polar surface area (TPSA) is 111 Å². The van der Waals surface area contributed by atoms with E-state index in [1.165, 1.54) is 6.20 Å². The summed E-state index contributed by atoms with van der Waals surface area (Å²) in [5.41, 5.74) is 0.558. The molecule has 1 heterocycles. The van der Waals surface area contributed by atoms with Gasteiger partial charge in [0.05, 0.1) is 29.8 Å². The number of hydrogen-bond acceptors (Lipinski definition) is 4. The van der Waals surface area contributed by atoms with Gasteiger partial charge in [0.1, 0.15) is 5.69 Å². The van der Waals surface area contributed by atoms with E-state index < -0.39 is 11.3 Å². The number of aromatic amines is 1. The van der Waals surface area contributed by atoms with E-state index in [1.807, 2.05) is 50.2 Å². The van der Waals surface area contributed by atoms with Crippen LogP contribution in [0.4, 0.5) is 5.69 Å². The fourth-order valence-electron chi connectivity index (χ4n) is 2.14. The summed E-state index contributed by atoms with van der Waals surface area (Å²) in [7, 11) is 0. The van der Waals surface area contributed by atoms with Crippen molar-refractivity contribution < 1.29 is 9.59 Å². The van der Waals surface area contributed by atoms with Crippen molar-refractivity contribution in [3.63, 3.8) is 0 Å². The molecule has 3 N–H and O–H groups in total. The first-order valence-electron chi connectivity index (χ1n) is 7.52. The molecule has 0 bridgehead atoms. The fraction of sp³-hybridized carbons (Fsp3) is 0.294. The molecule has 24 heavy (non-hydrogen) atoms. The first kappa shape index (κ1) is 17.2. The summed E-state index contributed by atoms with van der Waals surface area (Å²) in [6.45, 7) is 3.85. The lowest BCUT2D eigenvalue weighted by Crippen LogP contribution is -2.35. The van der Waals surface area contributed by atoms with Crippen molar-refractivity contribution in [1.82, 2.24) is 15.5 Å². The van der Waals surface area contributed by atoms with Crippen molar-refractivity contribution in [2.24, 2.45) is 0 Å². The van der Waals surface area contributed by atoms with Gasteiger partial charge in [-0.25, -0.2) is 0 Å². The lowest BCUT2D eigenvalue weighted by Gasteiger charge is -2.24. The zero-order valence-electron chi connectivity index (χ0n) is 13.6. The Labute approximate surface area is 140 Å².